The van der Waals surface area contributed by atoms with Crippen molar-refractivity contribution in [3.05, 3.63) is 24.3 Å². The van der Waals surface area contributed by atoms with Crippen molar-refractivity contribution in [2.75, 3.05) is 23.7 Å². The monoisotopic (exact) mass is 204 g/mol. The van der Waals surface area contributed by atoms with Crippen molar-refractivity contribution in [1.29, 1.82) is 0 Å². The minimum Gasteiger partial charge on any atom is -0.383 e. The van der Waals surface area contributed by atoms with Crippen molar-refractivity contribution in [2.24, 2.45) is 11.8 Å². The van der Waals surface area contributed by atoms with E-state index in [0.29, 0.717) is 0 Å². The predicted octanol–water partition coefficient (Wildman–Crippen LogP) is 3.19. The molecule has 0 amide bonds. The number of rotatable bonds is 2. The molecule has 82 valence electrons. The summed E-state index contributed by atoms with van der Waals surface area (Å²) in [7, 11) is 0. The number of nitrogens with one attached hydrogen (secondary N) is 2. The molecule has 2 nitrogen and oxygen atoms in total. The minimum atomic E-state index is 0.734. The molecule has 0 bridgehead atoms. The molecule has 1 aromatic rings. The lowest BCUT2D eigenvalue weighted by Gasteiger charge is -2.16. The number of fused-ring (bicyclic) bond motifs is 1. The first-order valence-corrected chi connectivity index (χ1v) is 5.82. The topological polar surface area (TPSA) is 24.1 Å². The molecule has 0 unspecified atom stereocenters. The molecule has 15 heavy (non-hydrogen) atoms. The summed E-state index contributed by atoms with van der Waals surface area (Å²) in [5, 5.41) is 7.04. The average molecular weight is 204 g/mol. The first-order valence-electron chi connectivity index (χ1n) is 5.82. The third-order valence-corrected chi connectivity index (χ3v) is 2.89. The summed E-state index contributed by atoms with van der Waals surface area (Å²) in [6.07, 6.45) is 1.29. The van der Waals surface area contributed by atoms with Crippen LogP contribution in [0.25, 0.3) is 0 Å². The van der Waals surface area contributed by atoms with Gasteiger partial charge in [0.15, 0.2) is 0 Å². The van der Waals surface area contributed by atoms with E-state index in [2.05, 4.69) is 48.7 Å². The van der Waals surface area contributed by atoms with Gasteiger partial charge in [0.25, 0.3) is 0 Å². The fraction of sp³-hybridized carbons (Fsp3) is 0.538. The quantitative estimate of drug-likeness (QED) is 0.773. The number of hydrogen-bond donors (Lipinski definition) is 2. The molecule has 1 aliphatic heterocycles. The lowest BCUT2D eigenvalue weighted by atomic mass is 9.97. The zero-order chi connectivity index (χ0) is 10.7. The Hall–Kier alpha value is -1.18. The largest absolute Gasteiger partial charge is 0.383 e. The summed E-state index contributed by atoms with van der Waals surface area (Å²) in [6.45, 7) is 6.75. The molecular formula is C13H20N2. The summed E-state index contributed by atoms with van der Waals surface area (Å²) in [4.78, 5) is 0. The molecule has 0 spiro atoms. The third-order valence-electron chi connectivity index (χ3n) is 2.89. The zero-order valence-electron chi connectivity index (χ0n) is 9.59. The molecule has 2 rings (SSSR count). The Morgan fingerprint density at radius 3 is 2.13 bits per heavy atom. The van der Waals surface area contributed by atoms with Crippen molar-refractivity contribution < 1.29 is 0 Å². The van der Waals surface area contributed by atoms with Crippen LogP contribution in [-0.4, -0.2) is 13.1 Å². The van der Waals surface area contributed by atoms with E-state index >= 15 is 0 Å². The highest BCUT2D eigenvalue weighted by molar-refractivity contribution is 5.69. The Morgan fingerprint density at radius 2 is 1.67 bits per heavy atom. The maximum absolute atomic E-state index is 3.52. The molecule has 0 saturated carbocycles. The molecule has 0 radical (unpaired) electrons. The molecular weight excluding hydrogens is 184 g/mol. The van der Waals surface area contributed by atoms with E-state index < -0.39 is 0 Å². The van der Waals surface area contributed by atoms with Gasteiger partial charge in [-0.15, -0.1) is 0 Å². The minimum absolute atomic E-state index is 0.734. The second kappa shape index (κ2) is 4.56. The van der Waals surface area contributed by atoms with Crippen LogP contribution in [0.3, 0.4) is 0 Å². The SMILES string of the molecule is CC(C)CC1CNc2ccccc2NC1. The van der Waals surface area contributed by atoms with Crippen LogP contribution in [0.4, 0.5) is 11.4 Å². The average Bonchev–Trinajstić information content (AvgIpc) is 2.41. The predicted molar refractivity (Wildman–Crippen MR) is 66.4 cm³/mol. The molecule has 2 heteroatoms. The molecule has 1 heterocycles. The second-order valence-corrected chi connectivity index (χ2v) is 4.80. The van der Waals surface area contributed by atoms with Gasteiger partial charge in [-0.05, 0) is 30.4 Å². The van der Waals surface area contributed by atoms with Gasteiger partial charge < -0.3 is 10.6 Å². The van der Waals surface area contributed by atoms with Crippen LogP contribution >= 0.6 is 0 Å². The fourth-order valence-corrected chi connectivity index (χ4v) is 2.21. The van der Waals surface area contributed by atoms with E-state index in [9.17, 15) is 0 Å². The van der Waals surface area contributed by atoms with Gasteiger partial charge in [-0.25, -0.2) is 0 Å². The van der Waals surface area contributed by atoms with E-state index in [-0.39, 0.29) is 0 Å². The van der Waals surface area contributed by atoms with E-state index in [0.717, 1.165) is 24.9 Å². The number of hydrogen-bond acceptors (Lipinski definition) is 2. The van der Waals surface area contributed by atoms with Crippen LogP contribution in [0.5, 0.6) is 0 Å². The summed E-state index contributed by atoms with van der Waals surface area (Å²) >= 11 is 0. The second-order valence-electron chi connectivity index (χ2n) is 4.80. The number of anilines is 2. The third kappa shape index (κ3) is 2.65. The van der Waals surface area contributed by atoms with Crippen LogP contribution in [-0.2, 0) is 0 Å². The highest BCUT2D eigenvalue weighted by Crippen LogP contribution is 2.25. The lowest BCUT2D eigenvalue weighted by Crippen LogP contribution is -2.20. The molecule has 0 fully saturated rings. The van der Waals surface area contributed by atoms with Gasteiger partial charge in [0.2, 0.25) is 0 Å². The lowest BCUT2D eigenvalue weighted by molar-refractivity contribution is 0.444. The molecule has 2 N–H and O–H groups in total. The Morgan fingerprint density at radius 1 is 1.13 bits per heavy atom. The van der Waals surface area contributed by atoms with Crippen LogP contribution in [0.1, 0.15) is 20.3 Å². The molecule has 1 aliphatic rings. The van der Waals surface area contributed by atoms with Crippen LogP contribution in [0.2, 0.25) is 0 Å². The first kappa shape index (κ1) is 10.3. The Bertz CT molecular complexity index is 293. The van der Waals surface area contributed by atoms with Gasteiger partial charge in [-0.2, -0.15) is 0 Å². The van der Waals surface area contributed by atoms with Gasteiger partial charge in [0, 0.05) is 13.1 Å². The van der Waals surface area contributed by atoms with Crippen LogP contribution in [0, 0.1) is 11.8 Å². The molecule has 0 aliphatic carbocycles. The van der Waals surface area contributed by atoms with E-state index in [4.69, 9.17) is 0 Å². The number of para-hydroxylation sites is 2. The number of benzene rings is 1. The van der Waals surface area contributed by atoms with Crippen molar-refractivity contribution in [2.45, 2.75) is 20.3 Å². The molecule has 1 aromatic carbocycles. The van der Waals surface area contributed by atoms with Crippen molar-refractivity contribution in [3.63, 3.8) is 0 Å². The van der Waals surface area contributed by atoms with Gasteiger partial charge in [-0.3, -0.25) is 0 Å². The Labute approximate surface area is 92.1 Å². The van der Waals surface area contributed by atoms with Crippen LogP contribution in [0.15, 0.2) is 24.3 Å². The summed E-state index contributed by atoms with van der Waals surface area (Å²) in [5.41, 5.74) is 2.48. The maximum Gasteiger partial charge on any atom is 0.0576 e. The fourth-order valence-electron chi connectivity index (χ4n) is 2.21. The van der Waals surface area contributed by atoms with Crippen molar-refractivity contribution in [3.8, 4) is 0 Å². The smallest absolute Gasteiger partial charge is 0.0576 e. The normalized spacial score (nSPS) is 16.5. The van der Waals surface area contributed by atoms with E-state index in [1.54, 1.807) is 0 Å². The Balaban J connectivity index is 2.02. The molecule has 0 atom stereocenters. The zero-order valence-corrected chi connectivity index (χ0v) is 9.59. The molecule has 0 saturated heterocycles. The van der Waals surface area contributed by atoms with Gasteiger partial charge >= 0.3 is 0 Å². The van der Waals surface area contributed by atoms with Gasteiger partial charge in [0.1, 0.15) is 0 Å². The summed E-state index contributed by atoms with van der Waals surface area (Å²) < 4.78 is 0. The summed E-state index contributed by atoms with van der Waals surface area (Å²) in [6, 6.07) is 8.44. The van der Waals surface area contributed by atoms with Gasteiger partial charge in [0.05, 0.1) is 11.4 Å². The maximum atomic E-state index is 3.52. The Kier molecular flexibility index (Phi) is 3.14. The standard InChI is InChI=1S/C13H20N2/c1-10(2)7-11-8-14-12-5-3-4-6-13(12)15-9-11/h3-6,10-11,14-15H,7-9H2,1-2H3. The van der Waals surface area contributed by atoms with E-state index in [1.807, 2.05) is 0 Å². The summed E-state index contributed by atoms with van der Waals surface area (Å²) in [5.74, 6) is 1.51. The molecule has 0 aromatic heterocycles. The highest BCUT2D eigenvalue weighted by atomic mass is 15.0. The van der Waals surface area contributed by atoms with Crippen molar-refractivity contribution in [1.82, 2.24) is 0 Å². The highest BCUT2D eigenvalue weighted by Gasteiger charge is 2.15. The van der Waals surface area contributed by atoms with Crippen molar-refractivity contribution >= 4 is 11.4 Å². The first-order chi connectivity index (χ1) is 7.25. The van der Waals surface area contributed by atoms with Gasteiger partial charge in [-0.1, -0.05) is 26.0 Å². The van der Waals surface area contributed by atoms with E-state index in [1.165, 1.54) is 17.8 Å². The van der Waals surface area contributed by atoms with Crippen LogP contribution < -0.4 is 10.6 Å².